The van der Waals surface area contributed by atoms with Crippen LogP contribution in [0.25, 0.3) is 0 Å². The smallest absolute Gasteiger partial charge is 0.264 e. The van der Waals surface area contributed by atoms with Crippen molar-refractivity contribution in [1.29, 1.82) is 0 Å². The molecule has 1 heterocycles. The molecule has 1 aliphatic heterocycles. The summed E-state index contributed by atoms with van der Waals surface area (Å²) in [5, 5.41) is 0. The lowest BCUT2D eigenvalue weighted by Gasteiger charge is -2.31. The Bertz CT molecular complexity index is 484. The first-order chi connectivity index (χ1) is 8.06. The highest BCUT2D eigenvalue weighted by Crippen LogP contribution is 2.26. The van der Waals surface area contributed by atoms with E-state index in [9.17, 15) is 8.42 Å². The molecule has 0 fully saturated rings. The summed E-state index contributed by atoms with van der Waals surface area (Å²) in [5.74, 6) is -0.161. The second kappa shape index (κ2) is 5.06. The highest BCUT2D eigenvalue weighted by Gasteiger charge is 2.16. The second-order valence-electron chi connectivity index (χ2n) is 4.36. The van der Waals surface area contributed by atoms with Crippen molar-refractivity contribution in [3.8, 4) is 0 Å². The zero-order chi connectivity index (χ0) is 12.3. The molecule has 0 radical (unpaired) electrons. The van der Waals surface area contributed by atoms with Gasteiger partial charge in [0, 0.05) is 18.8 Å². The fourth-order valence-corrected chi connectivity index (χ4v) is 2.78. The molecule has 5 heteroatoms. The summed E-state index contributed by atoms with van der Waals surface area (Å²) in [6.45, 7) is 1.64. The Morgan fingerprint density at radius 3 is 2.82 bits per heavy atom. The fraction of sp³-hybridized carbons (Fsp3) is 0.500. The maximum atomic E-state index is 10.7. The summed E-state index contributed by atoms with van der Waals surface area (Å²) in [7, 11) is -3.83. The second-order valence-corrected chi connectivity index (χ2v) is 5.93. The summed E-state index contributed by atoms with van der Waals surface area (Å²) < 4.78 is 30.0. The predicted octanol–water partition coefficient (Wildman–Crippen LogP) is 1.72. The van der Waals surface area contributed by atoms with Crippen LogP contribution in [0.4, 0.5) is 5.69 Å². The Kier molecular flexibility index (Phi) is 3.69. The molecule has 0 saturated heterocycles. The minimum Gasteiger partial charge on any atom is -0.371 e. The summed E-state index contributed by atoms with van der Waals surface area (Å²) in [4.78, 5) is 2.20. The van der Waals surface area contributed by atoms with Crippen molar-refractivity contribution in [2.45, 2.75) is 19.3 Å². The molecule has 0 unspecified atom stereocenters. The average Bonchev–Trinajstić information content (AvgIpc) is 2.28. The molecular formula is C12H17NO3S. The van der Waals surface area contributed by atoms with Gasteiger partial charge in [0.2, 0.25) is 0 Å². The summed E-state index contributed by atoms with van der Waals surface area (Å²) in [6.07, 6.45) is 2.65. The number of para-hydroxylation sites is 1. The molecule has 0 aliphatic carbocycles. The van der Waals surface area contributed by atoms with Crippen LogP contribution in [0.15, 0.2) is 24.3 Å². The van der Waals surface area contributed by atoms with Crippen molar-refractivity contribution in [3.05, 3.63) is 29.8 Å². The lowest BCUT2D eigenvalue weighted by molar-refractivity contribution is 0.480. The average molecular weight is 255 g/mol. The van der Waals surface area contributed by atoms with Crippen molar-refractivity contribution < 1.29 is 13.0 Å². The number of hydrogen-bond acceptors (Lipinski definition) is 3. The van der Waals surface area contributed by atoms with Crippen molar-refractivity contribution in [3.63, 3.8) is 0 Å². The minimum absolute atomic E-state index is 0.161. The van der Waals surface area contributed by atoms with Gasteiger partial charge in [0.15, 0.2) is 0 Å². The first-order valence-electron chi connectivity index (χ1n) is 5.84. The van der Waals surface area contributed by atoms with Crippen LogP contribution < -0.4 is 4.90 Å². The molecule has 0 bridgehead atoms. The van der Waals surface area contributed by atoms with Crippen molar-refractivity contribution >= 4 is 15.8 Å². The van der Waals surface area contributed by atoms with Crippen molar-refractivity contribution in [2.24, 2.45) is 0 Å². The van der Waals surface area contributed by atoms with E-state index in [0.717, 1.165) is 19.4 Å². The van der Waals surface area contributed by atoms with E-state index in [4.69, 9.17) is 4.55 Å². The maximum absolute atomic E-state index is 10.7. The maximum Gasteiger partial charge on any atom is 0.264 e. The molecule has 0 atom stereocenters. The van der Waals surface area contributed by atoms with Gasteiger partial charge in [-0.3, -0.25) is 4.55 Å². The first-order valence-corrected chi connectivity index (χ1v) is 7.45. The standard InChI is InChI=1S/C12H17NO3S/c14-17(15,16)10-4-9-13-8-3-6-11-5-1-2-7-12(11)13/h1-2,5,7H,3-4,6,8-10H2,(H,14,15,16). The van der Waals surface area contributed by atoms with Crippen molar-refractivity contribution in [2.75, 3.05) is 23.7 Å². The molecule has 1 N–H and O–H groups in total. The number of rotatable bonds is 4. The van der Waals surface area contributed by atoms with E-state index in [1.807, 2.05) is 12.1 Å². The van der Waals surface area contributed by atoms with Gasteiger partial charge in [-0.1, -0.05) is 18.2 Å². The Morgan fingerprint density at radius 1 is 1.29 bits per heavy atom. The molecule has 0 aromatic heterocycles. The Hall–Kier alpha value is -1.07. The van der Waals surface area contributed by atoms with Crippen LogP contribution in [-0.2, 0) is 16.5 Å². The molecule has 0 saturated carbocycles. The molecule has 1 aromatic carbocycles. The minimum atomic E-state index is -3.83. The fourth-order valence-electron chi connectivity index (χ4n) is 2.28. The van der Waals surface area contributed by atoms with E-state index in [1.54, 1.807) is 0 Å². The van der Waals surface area contributed by atoms with Gasteiger partial charge in [-0.2, -0.15) is 8.42 Å². The summed E-state index contributed by atoms with van der Waals surface area (Å²) >= 11 is 0. The van der Waals surface area contributed by atoms with Gasteiger partial charge >= 0.3 is 0 Å². The van der Waals surface area contributed by atoms with Crippen LogP contribution in [0.3, 0.4) is 0 Å². The zero-order valence-corrected chi connectivity index (χ0v) is 10.5. The monoisotopic (exact) mass is 255 g/mol. The third-order valence-corrected chi connectivity index (χ3v) is 3.84. The van der Waals surface area contributed by atoms with E-state index in [-0.39, 0.29) is 5.75 Å². The van der Waals surface area contributed by atoms with Gasteiger partial charge in [0.1, 0.15) is 0 Å². The molecular weight excluding hydrogens is 238 g/mol. The highest BCUT2D eigenvalue weighted by atomic mass is 32.2. The van der Waals surface area contributed by atoms with E-state index in [0.29, 0.717) is 13.0 Å². The summed E-state index contributed by atoms with van der Waals surface area (Å²) in [5.41, 5.74) is 2.53. The van der Waals surface area contributed by atoms with E-state index in [1.165, 1.54) is 11.3 Å². The quantitative estimate of drug-likeness (QED) is 0.832. The molecule has 1 aliphatic rings. The van der Waals surface area contributed by atoms with Gasteiger partial charge in [-0.25, -0.2) is 0 Å². The van der Waals surface area contributed by atoms with Gasteiger partial charge < -0.3 is 4.90 Å². The number of nitrogens with zero attached hydrogens (tertiary/aromatic N) is 1. The number of fused-ring (bicyclic) bond motifs is 1. The largest absolute Gasteiger partial charge is 0.371 e. The molecule has 0 spiro atoms. The number of anilines is 1. The lowest BCUT2D eigenvalue weighted by atomic mass is 10.0. The molecule has 94 valence electrons. The highest BCUT2D eigenvalue weighted by molar-refractivity contribution is 7.85. The van der Waals surface area contributed by atoms with E-state index < -0.39 is 10.1 Å². The molecule has 2 rings (SSSR count). The SMILES string of the molecule is O=S(=O)(O)CCCN1CCCc2ccccc21. The van der Waals surface area contributed by atoms with Crippen LogP contribution in [0.2, 0.25) is 0 Å². The van der Waals surface area contributed by atoms with Crippen LogP contribution in [0.5, 0.6) is 0 Å². The topological polar surface area (TPSA) is 57.6 Å². The third-order valence-electron chi connectivity index (χ3n) is 3.04. The third kappa shape index (κ3) is 3.44. The van der Waals surface area contributed by atoms with E-state index >= 15 is 0 Å². The number of aryl methyl sites for hydroxylation is 1. The zero-order valence-electron chi connectivity index (χ0n) is 9.67. The number of hydrogen-bond donors (Lipinski definition) is 1. The van der Waals surface area contributed by atoms with Crippen LogP contribution in [0.1, 0.15) is 18.4 Å². The molecule has 4 nitrogen and oxygen atoms in total. The molecule has 0 amide bonds. The van der Waals surface area contributed by atoms with Gasteiger partial charge in [-0.05, 0) is 30.9 Å². The predicted molar refractivity (Wildman–Crippen MR) is 68.0 cm³/mol. The van der Waals surface area contributed by atoms with Crippen LogP contribution >= 0.6 is 0 Å². The Morgan fingerprint density at radius 2 is 2.06 bits per heavy atom. The molecule has 1 aromatic rings. The number of benzene rings is 1. The van der Waals surface area contributed by atoms with Crippen LogP contribution in [0, 0.1) is 0 Å². The van der Waals surface area contributed by atoms with Gasteiger partial charge in [0.05, 0.1) is 5.75 Å². The Labute approximate surface area is 102 Å². The van der Waals surface area contributed by atoms with Crippen LogP contribution in [-0.4, -0.2) is 31.8 Å². The van der Waals surface area contributed by atoms with E-state index in [2.05, 4.69) is 17.0 Å². The molecule has 17 heavy (non-hydrogen) atoms. The summed E-state index contributed by atoms with van der Waals surface area (Å²) in [6, 6.07) is 8.21. The van der Waals surface area contributed by atoms with Gasteiger partial charge in [-0.15, -0.1) is 0 Å². The Balaban J connectivity index is 1.99. The first kappa shape index (κ1) is 12.4. The van der Waals surface area contributed by atoms with Crippen molar-refractivity contribution in [1.82, 2.24) is 0 Å². The normalized spacial score (nSPS) is 15.7. The lowest BCUT2D eigenvalue weighted by Crippen LogP contribution is -2.31. The van der Waals surface area contributed by atoms with Gasteiger partial charge in [0.25, 0.3) is 10.1 Å².